The first kappa shape index (κ1) is 14.1. The lowest BCUT2D eigenvalue weighted by Crippen LogP contribution is -2.16. The fourth-order valence-corrected chi connectivity index (χ4v) is 2.60. The largest absolute Gasteiger partial charge is 0.322 e. The maximum atomic E-state index is 5.96. The van der Waals surface area contributed by atoms with Crippen LogP contribution in [0.3, 0.4) is 0 Å². The maximum Gasteiger partial charge on any atom is 0.124 e. The minimum Gasteiger partial charge on any atom is -0.322 e. The highest BCUT2D eigenvalue weighted by Gasteiger charge is 2.11. The van der Waals surface area contributed by atoms with Crippen molar-refractivity contribution in [2.75, 3.05) is 14.1 Å². The second-order valence-electron chi connectivity index (χ2n) is 5.47. The van der Waals surface area contributed by atoms with Gasteiger partial charge in [-0.2, -0.15) is 0 Å². The molecule has 0 aliphatic rings. The number of para-hydroxylation sites is 2. The first-order chi connectivity index (χ1) is 10.1. The van der Waals surface area contributed by atoms with Gasteiger partial charge in [-0.1, -0.05) is 35.9 Å². The number of nitrogens with zero attached hydrogens (tertiary/aromatic N) is 3. The lowest BCUT2D eigenvalue weighted by molar-refractivity contribution is 0.384. The van der Waals surface area contributed by atoms with Gasteiger partial charge in [0.05, 0.1) is 17.6 Å². The average molecular weight is 300 g/mol. The molecule has 108 valence electrons. The zero-order valence-corrected chi connectivity index (χ0v) is 13.0. The van der Waals surface area contributed by atoms with Gasteiger partial charge in [-0.05, 0) is 43.9 Å². The summed E-state index contributed by atoms with van der Waals surface area (Å²) in [6.45, 7) is 1.63. The number of benzene rings is 2. The van der Waals surface area contributed by atoms with Crippen LogP contribution < -0.4 is 0 Å². The first-order valence-corrected chi connectivity index (χ1v) is 7.34. The molecule has 3 nitrogen and oxygen atoms in total. The van der Waals surface area contributed by atoms with E-state index in [4.69, 9.17) is 16.6 Å². The highest BCUT2D eigenvalue weighted by Crippen LogP contribution is 2.19. The summed E-state index contributed by atoms with van der Waals surface area (Å²) in [5.41, 5.74) is 3.44. The molecule has 0 aliphatic carbocycles. The number of fused-ring (bicyclic) bond motifs is 1. The predicted octanol–water partition coefficient (Wildman–Crippen LogP) is 3.80. The Morgan fingerprint density at radius 1 is 1.05 bits per heavy atom. The van der Waals surface area contributed by atoms with Crippen molar-refractivity contribution >= 4 is 22.6 Å². The summed E-state index contributed by atoms with van der Waals surface area (Å²) in [5, 5.41) is 0.766. The molecule has 3 rings (SSSR count). The summed E-state index contributed by atoms with van der Waals surface area (Å²) < 4.78 is 2.28. The monoisotopic (exact) mass is 299 g/mol. The van der Waals surface area contributed by atoms with Crippen LogP contribution in [0.4, 0.5) is 0 Å². The van der Waals surface area contributed by atoms with Crippen molar-refractivity contribution in [2.24, 2.45) is 0 Å². The minimum absolute atomic E-state index is 0.766. The Labute approximate surface area is 129 Å². The predicted molar refractivity (Wildman–Crippen MR) is 87.7 cm³/mol. The molecule has 0 saturated heterocycles. The van der Waals surface area contributed by atoms with E-state index in [2.05, 4.69) is 53.9 Å². The molecule has 2 aromatic carbocycles. The van der Waals surface area contributed by atoms with Gasteiger partial charge in [0.15, 0.2) is 0 Å². The van der Waals surface area contributed by atoms with Crippen LogP contribution in [-0.2, 0) is 13.1 Å². The van der Waals surface area contributed by atoms with Gasteiger partial charge in [-0.15, -0.1) is 0 Å². The summed E-state index contributed by atoms with van der Waals surface area (Å²) in [4.78, 5) is 6.90. The molecular formula is C17H18ClN3. The Balaban J connectivity index is 2.03. The van der Waals surface area contributed by atoms with E-state index in [1.807, 2.05) is 18.2 Å². The molecule has 1 heterocycles. The van der Waals surface area contributed by atoms with Crippen molar-refractivity contribution in [1.29, 1.82) is 0 Å². The third-order valence-corrected chi connectivity index (χ3v) is 3.70. The summed E-state index contributed by atoms with van der Waals surface area (Å²) in [7, 11) is 4.12. The number of hydrogen-bond donors (Lipinski definition) is 0. The lowest BCUT2D eigenvalue weighted by Gasteiger charge is -2.13. The zero-order chi connectivity index (χ0) is 14.8. The van der Waals surface area contributed by atoms with Crippen LogP contribution in [0.15, 0.2) is 48.5 Å². The average Bonchev–Trinajstić information content (AvgIpc) is 2.78. The summed E-state index contributed by atoms with van der Waals surface area (Å²) in [6.07, 6.45) is 0. The number of aromatic nitrogens is 2. The normalized spacial score (nSPS) is 11.4. The Morgan fingerprint density at radius 2 is 1.76 bits per heavy atom. The molecule has 0 radical (unpaired) electrons. The van der Waals surface area contributed by atoms with E-state index in [1.54, 1.807) is 0 Å². The van der Waals surface area contributed by atoms with Crippen LogP contribution in [0.1, 0.15) is 11.4 Å². The van der Waals surface area contributed by atoms with Crippen molar-refractivity contribution < 1.29 is 0 Å². The first-order valence-electron chi connectivity index (χ1n) is 6.97. The molecule has 4 heteroatoms. The van der Waals surface area contributed by atoms with Crippen molar-refractivity contribution in [1.82, 2.24) is 14.5 Å². The maximum absolute atomic E-state index is 5.96. The number of rotatable bonds is 4. The fraction of sp³-hybridized carbons (Fsp3) is 0.235. The number of hydrogen-bond acceptors (Lipinski definition) is 2. The third kappa shape index (κ3) is 3.09. The highest BCUT2D eigenvalue weighted by molar-refractivity contribution is 6.30. The topological polar surface area (TPSA) is 21.1 Å². The van der Waals surface area contributed by atoms with Crippen LogP contribution in [0.2, 0.25) is 5.02 Å². The molecule has 0 atom stereocenters. The summed E-state index contributed by atoms with van der Waals surface area (Å²) in [5.74, 6) is 1.08. The van der Waals surface area contributed by atoms with E-state index < -0.39 is 0 Å². The molecule has 3 aromatic rings. The minimum atomic E-state index is 0.766. The van der Waals surface area contributed by atoms with Crippen molar-refractivity contribution in [3.63, 3.8) is 0 Å². The van der Waals surface area contributed by atoms with Crippen LogP contribution in [-0.4, -0.2) is 28.5 Å². The molecule has 1 aromatic heterocycles. The Bertz CT molecular complexity index is 744. The van der Waals surface area contributed by atoms with Gasteiger partial charge in [-0.25, -0.2) is 4.98 Å². The van der Waals surface area contributed by atoms with Crippen molar-refractivity contribution in [3.8, 4) is 0 Å². The van der Waals surface area contributed by atoms with Crippen molar-refractivity contribution in [3.05, 3.63) is 64.9 Å². The Kier molecular flexibility index (Phi) is 3.95. The third-order valence-electron chi connectivity index (χ3n) is 3.45. The second-order valence-corrected chi connectivity index (χ2v) is 5.90. The van der Waals surface area contributed by atoms with Gasteiger partial charge >= 0.3 is 0 Å². The van der Waals surface area contributed by atoms with Crippen LogP contribution in [0, 0.1) is 0 Å². The van der Waals surface area contributed by atoms with Crippen LogP contribution in [0.25, 0.3) is 11.0 Å². The van der Waals surface area contributed by atoms with E-state index >= 15 is 0 Å². The van der Waals surface area contributed by atoms with E-state index in [0.29, 0.717) is 0 Å². The van der Waals surface area contributed by atoms with Crippen molar-refractivity contribution in [2.45, 2.75) is 13.1 Å². The lowest BCUT2D eigenvalue weighted by atomic mass is 10.2. The van der Waals surface area contributed by atoms with E-state index in [1.165, 1.54) is 11.1 Å². The Morgan fingerprint density at radius 3 is 2.48 bits per heavy atom. The molecule has 21 heavy (non-hydrogen) atoms. The molecule has 0 bridgehead atoms. The smallest absolute Gasteiger partial charge is 0.124 e. The molecule has 0 saturated carbocycles. The van der Waals surface area contributed by atoms with E-state index in [-0.39, 0.29) is 0 Å². The van der Waals surface area contributed by atoms with Crippen LogP contribution in [0.5, 0.6) is 0 Å². The van der Waals surface area contributed by atoms with Gasteiger partial charge in [-0.3, -0.25) is 0 Å². The standard InChI is InChI=1S/C17H18ClN3/c1-20(2)12-17-19-15-5-3-4-6-16(15)21(17)11-13-7-9-14(18)10-8-13/h3-10H,11-12H2,1-2H3. The molecule has 0 amide bonds. The zero-order valence-electron chi connectivity index (χ0n) is 12.3. The van der Waals surface area contributed by atoms with Gasteiger partial charge in [0.25, 0.3) is 0 Å². The van der Waals surface area contributed by atoms with E-state index in [9.17, 15) is 0 Å². The molecule has 0 fully saturated rings. The quantitative estimate of drug-likeness (QED) is 0.730. The van der Waals surface area contributed by atoms with Gasteiger partial charge < -0.3 is 9.47 Å². The number of halogens is 1. The number of imidazole rings is 1. The van der Waals surface area contributed by atoms with Gasteiger partial charge in [0.1, 0.15) is 5.82 Å². The Hall–Kier alpha value is -1.84. The molecule has 0 aliphatic heterocycles. The summed E-state index contributed by atoms with van der Waals surface area (Å²) in [6, 6.07) is 16.3. The molecule has 0 N–H and O–H groups in total. The SMILES string of the molecule is CN(C)Cc1nc2ccccc2n1Cc1ccc(Cl)cc1. The molecule has 0 unspecified atom stereocenters. The van der Waals surface area contributed by atoms with Gasteiger partial charge in [0, 0.05) is 11.6 Å². The fourth-order valence-electron chi connectivity index (χ4n) is 2.48. The van der Waals surface area contributed by atoms with E-state index in [0.717, 1.165) is 29.5 Å². The molecule has 0 spiro atoms. The van der Waals surface area contributed by atoms with Crippen LogP contribution >= 0.6 is 11.6 Å². The highest BCUT2D eigenvalue weighted by atomic mass is 35.5. The van der Waals surface area contributed by atoms with Gasteiger partial charge in [0.2, 0.25) is 0 Å². The second kappa shape index (κ2) is 5.88. The molecular weight excluding hydrogens is 282 g/mol. The summed E-state index contributed by atoms with van der Waals surface area (Å²) >= 11 is 5.96.